The lowest BCUT2D eigenvalue weighted by Crippen LogP contribution is -2.35. The standard InChI is InChI=1S/C21H31N5O/c1-14-11-19(27-4)16(3)15(2)18(14)13-25-8-5-17(6-9-25)21-24-23-20-12-22-7-10-26(20)21/h11,17,22H,5-10,12-13H2,1-4H3. The number of likely N-dealkylation sites (tertiary alicyclic amines) is 1. The molecule has 2 aliphatic heterocycles. The molecule has 1 aromatic heterocycles. The molecular weight excluding hydrogens is 338 g/mol. The number of rotatable bonds is 4. The van der Waals surface area contributed by atoms with Crippen molar-refractivity contribution in [3.63, 3.8) is 0 Å². The molecule has 1 aromatic carbocycles. The van der Waals surface area contributed by atoms with Gasteiger partial charge in [0.1, 0.15) is 17.4 Å². The molecule has 0 atom stereocenters. The third-order valence-corrected chi connectivity index (χ3v) is 6.41. The van der Waals surface area contributed by atoms with Gasteiger partial charge in [-0.2, -0.15) is 0 Å². The summed E-state index contributed by atoms with van der Waals surface area (Å²) in [7, 11) is 1.75. The fourth-order valence-corrected chi connectivity index (χ4v) is 4.54. The van der Waals surface area contributed by atoms with Crippen LogP contribution < -0.4 is 10.1 Å². The van der Waals surface area contributed by atoms with Gasteiger partial charge in [-0.1, -0.05) is 0 Å². The van der Waals surface area contributed by atoms with E-state index in [0.717, 1.165) is 50.8 Å². The van der Waals surface area contributed by atoms with Crippen LogP contribution in [0.5, 0.6) is 5.75 Å². The predicted octanol–water partition coefficient (Wildman–Crippen LogP) is 2.69. The average Bonchev–Trinajstić information content (AvgIpc) is 3.12. The van der Waals surface area contributed by atoms with Crippen LogP contribution in [-0.2, 0) is 19.6 Å². The topological polar surface area (TPSA) is 55.2 Å². The molecule has 0 amide bonds. The van der Waals surface area contributed by atoms with E-state index in [9.17, 15) is 0 Å². The van der Waals surface area contributed by atoms with Gasteiger partial charge < -0.3 is 14.6 Å². The number of aryl methyl sites for hydroxylation is 1. The summed E-state index contributed by atoms with van der Waals surface area (Å²) in [6.07, 6.45) is 2.33. The summed E-state index contributed by atoms with van der Waals surface area (Å²) in [6, 6.07) is 2.18. The number of aromatic nitrogens is 3. The zero-order valence-electron chi connectivity index (χ0n) is 17.0. The van der Waals surface area contributed by atoms with Crippen LogP contribution in [0.15, 0.2) is 6.07 Å². The maximum Gasteiger partial charge on any atom is 0.147 e. The minimum atomic E-state index is 0.542. The highest BCUT2D eigenvalue weighted by atomic mass is 16.5. The van der Waals surface area contributed by atoms with Crippen molar-refractivity contribution in [3.05, 3.63) is 40.0 Å². The molecular formula is C21H31N5O. The molecule has 1 fully saturated rings. The highest BCUT2D eigenvalue weighted by molar-refractivity contribution is 5.48. The van der Waals surface area contributed by atoms with Crippen LogP contribution in [0.4, 0.5) is 0 Å². The summed E-state index contributed by atoms with van der Waals surface area (Å²) in [6.45, 7) is 12.7. The Balaban J connectivity index is 1.43. The van der Waals surface area contributed by atoms with E-state index in [1.165, 1.54) is 40.9 Å². The van der Waals surface area contributed by atoms with E-state index >= 15 is 0 Å². The number of nitrogens with one attached hydrogen (secondary N) is 1. The molecule has 27 heavy (non-hydrogen) atoms. The lowest BCUT2D eigenvalue weighted by Gasteiger charge is -2.33. The van der Waals surface area contributed by atoms with Gasteiger partial charge >= 0.3 is 0 Å². The van der Waals surface area contributed by atoms with E-state index in [4.69, 9.17) is 4.74 Å². The van der Waals surface area contributed by atoms with Crippen LogP contribution in [0.25, 0.3) is 0 Å². The summed E-state index contributed by atoms with van der Waals surface area (Å²) in [4.78, 5) is 2.59. The normalized spacial score (nSPS) is 18.5. The molecule has 0 saturated carbocycles. The third kappa shape index (κ3) is 3.48. The van der Waals surface area contributed by atoms with Gasteiger partial charge in [0.25, 0.3) is 0 Å². The van der Waals surface area contributed by atoms with Gasteiger partial charge in [0.2, 0.25) is 0 Å². The first kappa shape index (κ1) is 18.4. The Morgan fingerprint density at radius 2 is 1.89 bits per heavy atom. The summed E-state index contributed by atoms with van der Waals surface area (Å²) in [5.74, 6) is 3.84. The molecule has 146 valence electrons. The Hall–Kier alpha value is -1.92. The van der Waals surface area contributed by atoms with Crippen LogP contribution in [0.3, 0.4) is 0 Å². The molecule has 4 rings (SSSR count). The first-order valence-electron chi connectivity index (χ1n) is 10.1. The van der Waals surface area contributed by atoms with Crippen molar-refractivity contribution in [2.75, 3.05) is 26.7 Å². The van der Waals surface area contributed by atoms with E-state index in [1.807, 2.05) is 0 Å². The lowest BCUT2D eigenvalue weighted by atomic mass is 9.93. The largest absolute Gasteiger partial charge is 0.496 e. The molecule has 0 spiro atoms. The SMILES string of the molecule is COc1cc(C)c(CN2CCC(c3nnc4n3CCNC4)CC2)c(C)c1C. The van der Waals surface area contributed by atoms with Crippen molar-refractivity contribution in [2.45, 2.75) is 59.2 Å². The molecule has 0 unspecified atom stereocenters. The Morgan fingerprint density at radius 1 is 1.11 bits per heavy atom. The second kappa shape index (κ2) is 7.60. The van der Waals surface area contributed by atoms with Crippen LogP contribution >= 0.6 is 0 Å². The molecule has 0 aliphatic carbocycles. The number of benzene rings is 1. The number of fused-ring (bicyclic) bond motifs is 1. The van der Waals surface area contributed by atoms with Gasteiger partial charge in [0, 0.05) is 25.6 Å². The van der Waals surface area contributed by atoms with Gasteiger partial charge in [-0.3, -0.25) is 4.90 Å². The molecule has 0 bridgehead atoms. The fourth-order valence-electron chi connectivity index (χ4n) is 4.54. The number of hydrogen-bond acceptors (Lipinski definition) is 5. The average molecular weight is 370 g/mol. The Kier molecular flexibility index (Phi) is 5.19. The highest BCUT2D eigenvalue weighted by Crippen LogP contribution is 2.31. The quantitative estimate of drug-likeness (QED) is 0.898. The van der Waals surface area contributed by atoms with Crippen LogP contribution in [0, 0.1) is 20.8 Å². The summed E-state index contributed by atoms with van der Waals surface area (Å²) < 4.78 is 7.86. The Morgan fingerprint density at radius 3 is 2.63 bits per heavy atom. The Labute approximate surface area is 161 Å². The zero-order valence-corrected chi connectivity index (χ0v) is 17.0. The fraction of sp³-hybridized carbons (Fsp3) is 0.619. The van der Waals surface area contributed by atoms with Crippen LogP contribution in [0.1, 0.15) is 52.7 Å². The van der Waals surface area contributed by atoms with Gasteiger partial charge in [-0.15, -0.1) is 10.2 Å². The molecule has 3 heterocycles. The highest BCUT2D eigenvalue weighted by Gasteiger charge is 2.27. The second-order valence-electron chi connectivity index (χ2n) is 7.98. The van der Waals surface area contributed by atoms with Crippen molar-refractivity contribution in [3.8, 4) is 5.75 Å². The molecule has 6 heteroatoms. The van der Waals surface area contributed by atoms with Gasteiger partial charge in [-0.25, -0.2) is 0 Å². The van der Waals surface area contributed by atoms with E-state index in [2.05, 4.69) is 51.8 Å². The summed E-state index contributed by atoms with van der Waals surface area (Å²) >= 11 is 0. The van der Waals surface area contributed by atoms with Crippen molar-refractivity contribution >= 4 is 0 Å². The summed E-state index contributed by atoms with van der Waals surface area (Å²) in [5.41, 5.74) is 5.42. The first-order valence-corrected chi connectivity index (χ1v) is 10.1. The smallest absolute Gasteiger partial charge is 0.147 e. The lowest BCUT2D eigenvalue weighted by molar-refractivity contribution is 0.199. The first-order chi connectivity index (χ1) is 13.1. The van der Waals surface area contributed by atoms with E-state index in [0.29, 0.717) is 5.92 Å². The minimum absolute atomic E-state index is 0.542. The molecule has 1 saturated heterocycles. The number of nitrogens with zero attached hydrogens (tertiary/aromatic N) is 4. The van der Waals surface area contributed by atoms with E-state index < -0.39 is 0 Å². The number of ether oxygens (including phenoxy) is 1. The molecule has 2 aromatic rings. The maximum absolute atomic E-state index is 5.52. The van der Waals surface area contributed by atoms with Gasteiger partial charge in [0.05, 0.1) is 13.7 Å². The minimum Gasteiger partial charge on any atom is -0.496 e. The summed E-state index contributed by atoms with van der Waals surface area (Å²) in [5, 5.41) is 12.3. The van der Waals surface area contributed by atoms with E-state index in [1.54, 1.807) is 7.11 Å². The number of piperidine rings is 1. The predicted molar refractivity (Wildman–Crippen MR) is 106 cm³/mol. The molecule has 1 N–H and O–H groups in total. The van der Waals surface area contributed by atoms with E-state index in [-0.39, 0.29) is 0 Å². The zero-order chi connectivity index (χ0) is 19.0. The second-order valence-corrected chi connectivity index (χ2v) is 7.98. The van der Waals surface area contributed by atoms with Crippen molar-refractivity contribution in [1.82, 2.24) is 25.0 Å². The van der Waals surface area contributed by atoms with Crippen molar-refractivity contribution in [2.24, 2.45) is 0 Å². The van der Waals surface area contributed by atoms with Crippen LogP contribution in [-0.4, -0.2) is 46.4 Å². The van der Waals surface area contributed by atoms with Crippen LogP contribution in [0.2, 0.25) is 0 Å². The third-order valence-electron chi connectivity index (χ3n) is 6.41. The molecule has 0 radical (unpaired) electrons. The number of hydrogen-bond donors (Lipinski definition) is 1. The molecule has 6 nitrogen and oxygen atoms in total. The maximum atomic E-state index is 5.52. The van der Waals surface area contributed by atoms with Gasteiger partial charge in [-0.05, 0) is 75.0 Å². The number of methoxy groups -OCH3 is 1. The molecule has 2 aliphatic rings. The van der Waals surface area contributed by atoms with Crippen molar-refractivity contribution in [1.29, 1.82) is 0 Å². The Bertz CT molecular complexity index is 820. The monoisotopic (exact) mass is 369 g/mol. The van der Waals surface area contributed by atoms with Crippen molar-refractivity contribution < 1.29 is 4.74 Å². The van der Waals surface area contributed by atoms with Gasteiger partial charge in [0.15, 0.2) is 0 Å².